The molecule has 0 aliphatic heterocycles. The van der Waals surface area contributed by atoms with E-state index in [1.165, 1.54) is 12.5 Å². The third-order valence-corrected chi connectivity index (χ3v) is 2.46. The molecule has 0 aromatic heterocycles. The van der Waals surface area contributed by atoms with Crippen LogP contribution in [0.5, 0.6) is 0 Å². The van der Waals surface area contributed by atoms with E-state index in [1.54, 1.807) is 12.1 Å². The van der Waals surface area contributed by atoms with E-state index in [1.807, 2.05) is 12.1 Å². The fraction of sp³-hybridized carbons (Fsp3) is 0.385. The highest BCUT2D eigenvalue weighted by atomic mass is 16.5. The highest BCUT2D eigenvalue weighted by molar-refractivity contribution is 5.91. The van der Waals surface area contributed by atoms with Crippen molar-refractivity contribution in [1.82, 2.24) is 0 Å². The van der Waals surface area contributed by atoms with E-state index in [4.69, 9.17) is 9.84 Å². The second-order valence-corrected chi connectivity index (χ2v) is 3.89. The molecule has 2 N–H and O–H groups in total. The van der Waals surface area contributed by atoms with Gasteiger partial charge in [-0.2, -0.15) is 0 Å². The van der Waals surface area contributed by atoms with Crippen LogP contribution in [0, 0.1) is 0 Å². The average molecular weight is 251 g/mol. The summed E-state index contributed by atoms with van der Waals surface area (Å²) in [5, 5.41) is 11.2. The Kier molecular flexibility index (Phi) is 5.32. The van der Waals surface area contributed by atoms with Gasteiger partial charge in [0.05, 0.1) is 0 Å². The fourth-order valence-electron chi connectivity index (χ4n) is 1.29. The summed E-state index contributed by atoms with van der Waals surface area (Å²) < 4.78 is 4.87. The predicted octanol–water partition coefficient (Wildman–Crippen LogP) is 1.68. The van der Waals surface area contributed by atoms with Crippen molar-refractivity contribution in [2.24, 2.45) is 0 Å². The Bertz CT molecular complexity index is 414. The quantitative estimate of drug-likeness (QED) is 0.806. The Hall–Kier alpha value is -1.88. The number of carbonyl (C=O) groups is 2. The summed E-state index contributed by atoms with van der Waals surface area (Å²) >= 11 is 0. The molecule has 1 atom stereocenters. The van der Waals surface area contributed by atoms with E-state index in [-0.39, 0.29) is 12.5 Å². The lowest BCUT2D eigenvalue weighted by Crippen LogP contribution is -2.26. The number of hydrogen-bond acceptors (Lipinski definition) is 3. The number of nitrogens with one attached hydrogen (secondary N) is 1. The summed E-state index contributed by atoms with van der Waals surface area (Å²) in [6.07, 6.45) is -0.0498. The van der Waals surface area contributed by atoms with Gasteiger partial charge in [0.2, 0.25) is 5.91 Å². The number of benzene rings is 1. The van der Waals surface area contributed by atoms with Gasteiger partial charge in [-0.05, 0) is 31.0 Å². The summed E-state index contributed by atoms with van der Waals surface area (Å²) in [6, 6.07) is 7.46. The van der Waals surface area contributed by atoms with Gasteiger partial charge in [0.1, 0.15) is 6.61 Å². The lowest BCUT2D eigenvalue weighted by molar-refractivity contribution is -0.150. The Morgan fingerprint density at radius 1 is 1.33 bits per heavy atom. The fourth-order valence-corrected chi connectivity index (χ4v) is 1.29. The second-order valence-electron chi connectivity index (χ2n) is 3.89. The zero-order chi connectivity index (χ0) is 13.5. The molecule has 0 saturated carbocycles. The van der Waals surface area contributed by atoms with Crippen LogP contribution in [-0.4, -0.2) is 29.7 Å². The van der Waals surface area contributed by atoms with Gasteiger partial charge in [-0.1, -0.05) is 19.1 Å². The van der Waals surface area contributed by atoms with Crippen LogP contribution in [0.2, 0.25) is 0 Å². The molecular weight excluding hydrogens is 234 g/mol. The molecule has 5 nitrogen and oxygen atoms in total. The molecule has 0 bridgehead atoms. The largest absolute Gasteiger partial charge is 0.479 e. The molecule has 0 aliphatic rings. The van der Waals surface area contributed by atoms with Crippen molar-refractivity contribution in [2.45, 2.75) is 26.4 Å². The lowest BCUT2D eigenvalue weighted by Gasteiger charge is -2.09. The van der Waals surface area contributed by atoms with Crippen molar-refractivity contribution in [1.29, 1.82) is 0 Å². The number of carboxylic acids is 1. The summed E-state index contributed by atoms with van der Waals surface area (Å²) in [5.74, 6) is -1.46. The van der Waals surface area contributed by atoms with Gasteiger partial charge >= 0.3 is 5.97 Å². The minimum atomic E-state index is -1.09. The highest BCUT2D eigenvalue weighted by Crippen LogP contribution is 2.09. The van der Waals surface area contributed by atoms with Crippen LogP contribution >= 0.6 is 0 Å². The van der Waals surface area contributed by atoms with Crippen molar-refractivity contribution >= 4 is 17.6 Å². The van der Waals surface area contributed by atoms with Gasteiger partial charge < -0.3 is 15.2 Å². The molecule has 1 rings (SSSR count). The first kappa shape index (κ1) is 14.2. The van der Waals surface area contributed by atoms with Gasteiger partial charge in [0.15, 0.2) is 6.10 Å². The smallest absolute Gasteiger partial charge is 0.332 e. The maximum Gasteiger partial charge on any atom is 0.332 e. The Morgan fingerprint density at radius 3 is 2.44 bits per heavy atom. The number of anilines is 1. The number of rotatable bonds is 6. The molecule has 0 spiro atoms. The first-order chi connectivity index (χ1) is 8.52. The average Bonchev–Trinajstić information content (AvgIpc) is 2.36. The van der Waals surface area contributed by atoms with Crippen LogP contribution in [0.3, 0.4) is 0 Å². The molecule has 5 heteroatoms. The van der Waals surface area contributed by atoms with Crippen molar-refractivity contribution in [3.8, 4) is 0 Å². The number of carbonyl (C=O) groups excluding carboxylic acids is 1. The lowest BCUT2D eigenvalue weighted by atomic mass is 10.1. The minimum absolute atomic E-state index is 0.275. The number of carboxylic acid groups (broad SMARTS) is 1. The topological polar surface area (TPSA) is 75.6 Å². The van der Waals surface area contributed by atoms with Gasteiger partial charge in [0.25, 0.3) is 0 Å². The molecule has 0 fully saturated rings. The molecule has 0 saturated heterocycles. The van der Waals surface area contributed by atoms with E-state index in [9.17, 15) is 9.59 Å². The van der Waals surface area contributed by atoms with Crippen LogP contribution in [-0.2, 0) is 20.7 Å². The number of amides is 1. The van der Waals surface area contributed by atoms with E-state index in [0.717, 1.165) is 6.42 Å². The van der Waals surface area contributed by atoms with Crippen LogP contribution in [0.4, 0.5) is 5.69 Å². The third-order valence-electron chi connectivity index (χ3n) is 2.46. The number of aliphatic carboxylic acids is 1. The van der Waals surface area contributed by atoms with Crippen molar-refractivity contribution in [3.63, 3.8) is 0 Å². The standard InChI is InChI=1S/C13H17NO4/c1-3-10-4-6-11(7-5-10)14-12(15)8-18-9(2)13(16)17/h4-7,9H,3,8H2,1-2H3,(H,14,15)(H,16,17)/t9-/m0/s1. The van der Waals surface area contributed by atoms with Crippen LogP contribution in [0.1, 0.15) is 19.4 Å². The maximum atomic E-state index is 11.5. The van der Waals surface area contributed by atoms with Crippen molar-refractivity contribution in [2.75, 3.05) is 11.9 Å². The first-order valence-corrected chi connectivity index (χ1v) is 5.76. The van der Waals surface area contributed by atoms with E-state index in [0.29, 0.717) is 5.69 Å². The summed E-state index contributed by atoms with van der Waals surface area (Å²) in [7, 11) is 0. The van der Waals surface area contributed by atoms with Crippen LogP contribution in [0.15, 0.2) is 24.3 Å². The van der Waals surface area contributed by atoms with E-state index < -0.39 is 12.1 Å². The van der Waals surface area contributed by atoms with E-state index in [2.05, 4.69) is 12.2 Å². The molecule has 0 aliphatic carbocycles. The highest BCUT2D eigenvalue weighted by Gasteiger charge is 2.13. The van der Waals surface area contributed by atoms with Gasteiger partial charge in [-0.25, -0.2) is 4.79 Å². The number of hydrogen-bond donors (Lipinski definition) is 2. The Morgan fingerprint density at radius 2 is 1.94 bits per heavy atom. The second kappa shape index (κ2) is 6.76. The molecule has 1 aromatic carbocycles. The van der Waals surface area contributed by atoms with Crippen LogP contribution < -0.4 is 5.32 Å². The van der Waals surface area contributed by atoms with Crippen LogP contribution in [0.25, 0.3) is 0 Å². The van der Waals surface area contributed by atoms with Crippen molar-refractivity contribution < 1.29 is 19.4 Å². The summed E-state index contributed by atoms with van der Waals surface area (Å²) in [4.78, 5) is 21.9. The Balaban J connectivity index is 2.42. The predicted molar refractivity (Wildman–Crippen MR) is 67.5 cm³/mol. The van der Waals surface area contributed by atoms with Gasteiger partial charge in [0, 0.05) is 5.69 Å². The van der Waals surface area contributed by atoms with Gasteiger partial charge in [-0.15, -0.1) is 0 Å². The molecule has 1 amide bonds. The molecule has 0 radical (unpaired) electrons. The van der Waals surface area contributed by atoms with E-state index >= 15 is 0 Å². The Labute approximate surface area is 106 Å². The monoisotopic (exact) mass is 251 g/mol. The first-order valence-electron chi connectivity index (χ1n) is 5.76. The summed E-state index contributed by atoms with van der Waals surface area (Å²) in [6.45, 7) is 3.16. The molecular formula is C13H17NO4. The SMILES string of the molecule is CCc1ccc(NC(=O)CO[C@@H](C)C(=O)O)cc1. The zero-order valence-corrected chi connectivity index (χ0v) is 10.5. The minimum Gasteiger partial charge on any atom is -0.479 e. The molecule has 98 valence electrons. The molecule has 18 heavy (non-hydrogen) atoms. The molecule has 0 unspecified atom stereocenters. The van der Waals surface area contributed by atoms with Crippen molar-refractivity contribution in [3.05, 3.63) is 29.8 Å². The maximum absolute atomic E-state index is 11.5. The molecule has 1 aromatic rings. The number of ether oxygens (including phenoxy) is 1. The zero-order valence-electron chi connectivity index (χ0n) is 10.5. The number of aryl methyl sites for hydroxylation is 1. The third kappa shape index (κ3) is 4.55. The normalized spacial score (nSPS) is 11.9. The molecule has 0 heterocycles. The van der Waals surface area contributed by atoms with Gasteiger partial charge in [-0.3, -0.25) is 4.79 Å². The summed E-state index contributed by atoms with van der Waals surface area (Å²) in [5.41, 5.74) is 1.85.